The van der Waals surface area contributed by atoms with Gasteiger partial charge in [0, 0.05) is 21.3 Å². The monoisotopic (exact) mass is 436 g/mol. The molecule has 3 aromatic carbocycles. The van der Waals surface area contributed by atoms with Gasteiger partial charge in [-0.1, -0.05) is 59.6 Å². The Bertz CT molecular complexity index is 1130. The van der Waals surface area contributed by atoms with Crippen molar-refractivity contribution in [2.45, 2.75) is 13.5 Å². The SMILES string of the molecule is Cc1ccc(NC(=O)/C(C#N)=C\c2ccccc2OCc2ccc(Cl)cc2)cc1Cl. The van der Waals surface area contributed by atoms with Crippen molar-refractivity contribution in [1.82, 2.24) is 0 Å². The third-order valence-corrected chi connectivity index (χ3v) is 4.98. The van der Waals surface area contributed by atoms with E-state index in [4.69, 9.17) is 27.9 Å². The first kappa shape index (κ1) is 21.4. The molecule has 1 N–H and O–H groups in total. The zero-order valence-electron chi connectivity index (χ0n) is 16.2. The van der Waals surface area contributed by atoms with E-state index in [2.05, 4.69) is 5.32 Å². The van der Waals surface area contributed by atoms with Crippen molar-refractivity contribution in [3.8, 4) is 11.8 Å². The highest BCUT2D eigenvalue weighted by atomic mass is 35.5. The van der Waals surface area contributed by atoms with E-state index in [1.54, 1.807) is 42.5 Å². The Balaban J connectivity index is 1.78. The summed E-state index contributed by atoms with van der Waals surface area (Å²) in [7, 11) is 0. The van der Waals surface area contributed by atoms with Gasteiger partial charge in [-0.2, -0.15) is 5.26 Å². The van der Waals surface area contributed by atoms with Crippen molar-refractivity contribution in [3.05, 3.63) is 99.0 Å². The van der Waals surface area contributed by atoms with Gasteiger partial charge in [0.25, 0.3) is 5.91 Å². The molecule has 0 radical (unpaired) electrons. The van der Waals surface area contributed by atoms with Crippen LogP contribution in [0.5, 0.6) is 5.75 Å². The van der Waals surface area contributed by atoms with E-state index in [1.807, 2.05) is 37.3 Å². The lowest BCUT2D eigenvalue weighted by molar-refractivity contribution is -0.112. The highest BCUT2D eigenvalue weighted by Gasteiger charge is 2.12. The summed E-state index contributed by atoms with van der Waals surface area (Å²) in [5.41, 5.74) is 2.95. The number of nitrogens with one attached hydrogen (secondary N) is 1. The number of aryl methyl sites for hydroxylation is 1. The number of halogens is 2. The van der Waals surface area contributed by atoms with Gasteiger partial charge >= 0.3 is 0 Å². The Morgan fingerprint density at radius 2 is 1.83 bits per heavy atom. The fourth-order valence-electron chi connectivity index (χ4n) is 2.65. The minimum atomic E-state index is -0.523. The van der Waals surface area contributed by atoms with Gasteiger partial charge in [0.2, 0.25) is 0 Å². The van der Waals surface area contributed by atoms with Gasteiger partial charge in [0.05, 0.1) is 0 Å². The number of nitriles is 1. The number of anilines is 1. The first-order valence-electron chi connectivity index (χ1n) is 9.12. The quantitative estimate of drug-likeness (QED) is 0.357. The van der Waals surface area contributed by atoms with Crippen LogP contribution in [-0.2, 0) is 11.4 Å². The molecule has 3 rings (SSSR count). The summed E-state index contributed by atoms with van der Waals surface area (Å²) in [5, 5.41) is 13.4. The van der Waals surface area contributed by atoms with E-state index in [1.165, 1.54) is 6.08 Å². The van der Waals surface area contributed by atoms with E-state index in [9.17, 15) is 10.1 Å². The summed E-state index contributed by atoms with van der Waals surface area (Å²) in [6, 6.07) is 21.7. The van der Waals surface area contributed by atoms with Gasteiger partial charge in [-0.3, -0.25) is 4.79 Å². The summed E-state index contributed by atoms with van der Waals surface area (Å²) in [4.78, 5) is 12.6. The number of hydrogen-bond acceptors (Lipinski definition) is 3. The highest BCUT2D eigenvalue weighted by Crippen LogP contribution is 2.24. The molecular weight excluding hydrogens is 419 g/mol. The molecule has 0 aliphatic carbocycles. The van der Waals surface area contributed by atoms with Crippen LogP contribution in [0.15, 0.2) is 72.3 Å². The van der Waals surface area contributed by atoms with Gasteiger partial charge in [-0.05, 0) is 54.5 Å². The molecule has 0 fully saturated rings. The molecule has 0 unspecified atom stereocenters. The Hall–Kier alpha value is -3.26. The van der Waals surface area contributed by atoms with Crippen molar-refractivity contribution in [1.29, 1.82) is 5.26 Å². The normalized spacial score (nSPS) is 10.9. The number of ether oxygens (including phenoxy) is 1. The molecule has 4 nitrogen and oxygen atoms in total. The molecule has 0 heterocycles. The molecule has 0 saturated carbocycles. The Kier molecular flexibility index (Phi) is 7.13. The maximum atomic E-state index is 12.6. The first-order chi connectivity index (χ1) is 14.5. The second kappa shape index (κ2) is 9.98. The van der Waals surface area contributed by atoms with Crippen LogP contribution in [0.2, 0.25) is 10.0 Å². The summed E-state index contributed by atoms with van der Waals surface area (Å²) in [5.74, 6) is 0.0382. The van der Waals surface area contributed by atoms with E-state index in [0.717, 1.165) is 11.1 Å². The average molecular weight is 437 g/mol. The molecule has 0 aliphatic heterocycles. The fourth-order valence-corrected chi connectivity index (χ4v) is 2.95. The zero-order chi connectivity index (χ0) is 21.5. The molecule has 0 saturated heterocycles. The number of carbonyl (C=O) groups excluding carboxylic acids is 1. The minimum Gasteiger partial charge on any atom is -0.488 e. The summed E-state index contributed by atoms with van der Waals surface area (Å²) < 4.78 is 5.89. The molecule has 0 spiro atoms. The van der Waals surface area contributed by atoms with E-state index >= 15 is 0 Å². The Morgan fingerprint density at radius 3 is 2.53 bits per heavy atom. The van der Waals surface area contributed by atoms with E-state index < -0.39 is 5.91 Å². The topological polar surface area (TPSA) is 62.1 Å². The maximum Gasteiger partial charge on any atom is 0.266 e. The molecule has 0 atom stereocenters. The van der Waals surface area contributed by atoms with Crippen molar-refractivity contribution in [2.75, 3.05) is 5.32 Å². The number of benzene rings is 3. The van der Waals surface area contributed by atoms with E-state index in [0.29, 0.717) is 33.7 Å². The van der Waals surface area contributed by atoms with Crippen molar-refractivity contribution in [3.63, 3.8) is 0 Å². The average Bonchev–Trinajstić information content (AvgIpc) is 2.75. The number of carbonyl (C=O) groups is 1. The van der Waals surface area contributed by atoms with Crippen LogP contribution in [0.25, 0.3) is 6.08 Å². The summed E-state index contributed by atoms with van der Waals surface area (Å²) >= 11 is 12.0. The fraction of sp³-hybridized carbons (Fsp3) is 0.0833. The Labute approximate surface area is 185 Å². The lowest BCUT2D eigenvalue weighted by Gasteiger charge is -2.10. The van der Waals surface area contributed by atoms with Crippen LogP contribution in [0, 0.1) is 18.3 Å². The van der Waals surface area contributed by atoms with Crippen LogP contribution in [-0.4, -0.2) is 5.91 Å². The molecule has 0 bridgehead atoms. The lowest BCUT2D eigenvalue weighted by Crippen LogP contribution is -2.13. The predicted octanol–water partition coefficient (Wildman–Crippen LogP) is 6.43. The molecule has 0 aromatic heterocycles. The van der Waals surface area contributed by atoms with Crippen LogP contribution in [0.3, 0.4) is 0 Å². The highest BCUT2D eigenvalue weighted by molar-refractivity contribution is 6.31. The van der Waals surface area contributed by atoms with Crippen molar-refractivity contribution in [2.24, 2.45) is 0 Å². The molecule has 30 heavy (non-hydrogen) atoms. The number of rotatable bonds is 6. The lowest BCUT2D eigenvalue weighted by atomic mass is 10.1. The Morgan fingerprint density at radius 1 is 1.10 bits per heavy atom. The second-order valence-corrected chi connectivity index (χ2v) is 7.38. The van der Waals surface area contributed by atoms with Crippen molar-refractivity contribution < 1.29 is 9.53 Å². The van der Waals surface area contributed by atoms with Gasteiger partial charge in [0.15, 0.2) is 0 Å². The van der Waals surface area contributed by atoms with Crippen LogP contribution < -0.4 is 10.1 Å². The van der Waals surface area contributed by atoms with Gasteiger partial charge < -0.3 is 10.1 Å². The van der Waals surface area contributed by atoms with Gasteiger partial charge in [0.1, 0.15) is 24.0 Å². The summed E-state index contributed by atoms with van der Waals surface area (Å²) in [6.07, 6.45) is 1.50. The molecular formula is C24H18Cl2N2O2. The van der Waals surface area contributed by atoms with Crippen LogP contribution >= 0.6 is 23.2 Å². The molecule has 6 heteroatoms. The largest absolute Gasteiger partial charge is 0.488 e. The third kappa shape index (κ3) is 5.64. The van der Waals surface area contributed by atoms with Crippen LogP contribution in [0.4, 0.5) is 5.69 Å². The molecule has 0 aliphatic rings. The molecule has 150 valence electrons. The predicted molar refractivity (Wildman–Crippen MR) is 121 cm³/mol. The maximum absolute atomic E-state index is 12.6. The summed E-state index contributed by atoms with van der Waals surface area (Å²) in [6.45, 7) is 2.20. The van der Waals surface area contributed by atoms with E-state index in [-0.39, 0.29) is 5.57 Å². The second-order valence-electron chi connectivity index (χ2n) is 6.54. The third-order valence-electron chi connectivity index (χ3n) is 4.32. The van der Waals surface area contributed by atoms with Gasteiger partial charge in [-0.15, -0.1) is 0 Å². The number of amides is 1. The number of para-hydroxylation sites is 1. The van der Waals surface area contributed by atoms with Crippen LogP contribution in [0.1, 0.15) is 16.7 Å². The standard InChI is InChI=1S/C24H18Cl2N2O2/c1-16-6-11-21(13-22(16)26)28-24(29)19(14-27)12-18-4-2-3-5-23(18)30-15-17-7-9-20(25)10-8-17/h2-13H,15H2,1H3,(H,28,29)/b19-12-. The number of nitrogens with zero attached hydrogens (tertiary/aromatic N) is 1. The smallest absolute Gasteiger partial charge is 0.266 e. The molecule has 3 aromatic rings. The van der Waals surface area contributed by atoms with Crippen molar-refractivity contribution >= 4 is 40.9 Å². The zero-order valence-corrected chi connectivity index (χ0v) is 17.7. The van der Waals surface area contributed by atoms with Gasteiger partial charge in [-0.25, -0.2) is 0 Å². The minimum absolute atomic E-state index is 0.0470. The first-order valence-corrected chi connectivity index (χ1v) is 9.87. The molecule has 1 amide bonds. The number of hydrogen-bond donors (Lipinski definition) is 1.